The first-order valence-corrected chi connectivity index (χ1v) is 11.6. The molecule has 29 heavy (non-hydrogen) atoms. The van der Waals surface area contributed by atoms with Crippen molar-refractivity contribution in [2.24, 2.45) is 4.99 Å². The maximum Gasteiger partial charge on any atom is 0.194 e. The molecule has 0 spiro atoms. The van der Waals surface area contributed by atoms with E-state index < -0.39 is 9.84 Å². The van der Waals surface area contributed by atoms with Crippen molar-refractivity contribution in [3.63, 3.8) is 0 Å². The molecular weight excluding hydrogens is 497 g/mol. The Morgan fingerprint density at radius 1 is 1.14 bits per heavy atom. The molecule has 7 heteroatoms. The van der Waals surface area contributed by atoms with Crippen molar-refractivity contribution < 1.29 is 8.42 Å². The second kappa shape index (κ2) is 9.93. The van der Waals surface area contributed by atoms with E-state index in [9.17, 15) is 8.42 Å². The van der Waals surface area contributed by atoms with Crippen LogP contribution in [0.25, 0.3) is 0 Å². The van der Waals surface area contributed by atoms with Crippen molar-refractivity contribution in [2.75, 3.05) is 25.9 Å². The smallest absolute Gasteiger partial charge is 0.194 e. The van der Waals surface area contributed by atoms with E-state index in [1.54, 1.807) is 12.1 Å². The Kier molecular flexibility index (Phi) is 8.10. The molecule has 1 aliphatic heterocycles. The number of halogens is 1. The molecule has 1 fully saturated rings. The van der Waals surface area contributed by atoms with Gasteiger partial charge in [-0.15, -0.1) is 24.0 Å². The SMILES string of the molecule is CCNC(=NCc1ccc(S(C)(=O)=O)cc1)N1CCC(C)(c2ccccc2)C1.I. The zero-order valence-corrected chi connectivity index (χ0v) is 20.4. The zero-order chi connectivity index (χ0) is 20.2. The average molecular weight is 527 g/mol. The monoisotopic (exact) mass is 527 g/mol. The van der Waals surface area contributed by atoms with Crippen LogP contribution in [0.2, 0.25) is 0 Å². The van der Waals surface area contributed by atoms with Crippen molar-refractivity contribution in [3.8, 4) is 0 Å². The third kappa shape index (κ3) is 5.94. The molecule has 0 amide bonds. The molecule has 0 saturated carbocycles. The largest absolute Gasteiger partial charge is 0.357 e. The minimum absolute atomic E-state index is 0. The number of hydrogen-bond donors (Lipinski definition) is 1. The van der Waals surface area contributed by atoms with E-state index in [1.807, 2.05) is 12.1 Å². The predicted molar refractivity (Wildman–Crippen MR) is 130 cm³/mol. The van der Waals surface area contributed by atoms with E-state index in [2.05, 4.69) is 54.4 Å². The average Bonchev–Trinajstić information content (AvgIpc) is 3.09. The highest BCUT2D eigenvalue weighted by Gasteiger charge is 2.36. The van der Waals surface area contributed by atoms with E-state index in [-0.39, 0.29) is 29.4 Å². The van der Waals surface area contributed by atoms with Gasteiger partial charge in [0, 0.05) is 31.3 Å². The maximum absolute atomic E-state index is 11.6. The Hall–Kier alpha value is -1.61. The van der Waals surface area contributed by atoms with Gasteiger partial charge in [0.25, 0.3) is 0 Å². The molecule has 1 N–H and O–H groups in total. The van der Waals surface area contributed by atoms with E-state index in [4.69, 9.17) is 4.99 Å². The van der Waals surface area contributed by atoms with Gasteiger partial charge in [-0.25, -0.2) is 13.4 Å². The van der Waals surface area contributed by atoms with Crippen LogP contribution in [0.5, 0.6) is 0 Å². The Morgan fingerprint density at radius 3 is 2.38 bits per heavy atom. The molecule has 0 aliphatic carbocycles. The van der Waals surface area contributed by atoms with Crippen LogP contribution in [0.3, 0.4) is 0 Å². The highest BCUT2D eigenvalue weighted by Crippen LogP contribution is 2.34. The summed E-state index contributed by atoms with van der Waals surface area (Å²) in [4.78, 5) is 7.46. The van der Waals surface area contributed by atoms with Crippen LogP contribution in [0.1, 0.15) is 31.4 Å². The summed E-state index contributed by atoms with van der Waals surface area (Å²) in [6.07, 6.45) is 2.31. The summed E-state index contributed by atoms with van der Waals surface area (Å²) < 4.78 is 23.2. The van der Waals surface area contributed by atoms with Crippen LogP contribution in [0.15, 0.2) is 64.5 Å². The van der Waals surface area contributed by atoms with Crippen LogP contribution in [0, 0.1) is 0 Å². The standard InChI is InChI=1S/C22H29N3O2S.HI/c1-4-23-21(24-16-18-10-12-20(13-11-18)28(3,26)27)25-15-14-22(2,17-25)19-8-6-5-7-9-19;/h5-13H,4,14-17H2,1-3H3,(H,23,24);1H. The van der Waals surface area contributed by atoms with Gasteiger partial charge in [-0.1, -0.05) is 49.4 Å². The highest BCUT2D eigenvalue weighted by molar-refractivity contribution is 14.0. The first kappa shape index (κ1) is 23.7. The van der Waals surface area contributed by atoms with Gasteiger partial charge in [-0.05, 0) is 36.6 Å². The van der Waals surface area contributed by atoms with Crippen LogP contribution < -0.4 is 5.32 Å². The number of aliphatic imine (C=N–C) groups is 1. The van der Waals surface area contributed by atoms with Crippen molar-refractivity contribution in [1.82, 2.24) is 10.2 Å². The first-order chi connectivity index (χ1) is 13.3. The molecule has 1 unspecified atom stereocenters. The van der Waals surface area contributed by atoms with Crippen molar-refractivity contribution >= 4 is 39.8 Å². The minimum Gasteiger partial charge on any atom is -0.357 e. The van der Waals surface area contributed by atoms with E-state index >= 15 is 0 Å². The molecule has 2 aromatic carbocycles. The number of sulfone groups is 1. The van der Waals surface area contributed by atoms with Crippen LogP contribution in [-0.2, 0) is 21.8 Å². The van der Waals surface area contributed by atoms with Crippen LogP contribution in [0.4, 0.5) is 0 Å². The Bertz CT molecular complexity index is 930. The topological polar surface area (TPSA) is 61.8 Å². The van der Waals surface area contributed by atoms with Crippen LogP contribution in [-0.4, -0.2) is 45.2 Å². The third-order valence-corrected chi connectivity index (χ3v) is 6.47. The van der Waals surface area contributed by atoms with E-state index in [0.29, 0.717) is 11.4 Å². The molecular formula is C22H30IN3O2S. The number of rotatable bonds is 5. The molecule has 1 heterocycles. The second-order valence-corrected chi connectivity index (χ2v) is 9.70. The fourth-order valence-electron chi connectivity index (χ4n) is 3.65. The molecule has 3 rings (SSSR count). The lowest BCUT2D eigenvalue weighted by Gasteiger charge is -2.27. The Balaban J connectivity index is 0.00000300. The quantitative estimate of drug-likeness (QED) is 0.365. The van der Waals surface area contributed by atoms with Gasteiger partial charge in [0.05, 0.1) is 11.4 Å². The summed E-state index contributed by atoms with van der Waals surface area (Å²) in [7, 11) is -3.17. The zero-order valence-electron chi connectivity index (χ0n) is 17.3. The highest BCUT2D eigenvalue weighted by atomic mass is 127. The summed E-state index contributed by atoms with van der Waals surface area (Å²) in [6.45, 7) is 7.61. The molecule has 5 nitrogen and oxygen atoms in total. The fourth-order valence-corrected chi connectivity index (χ4v) is 4.28. The molecule has 0 bridgehead atoms. The lowest BCUT2D eigenvalue weighted by atomic mass is 9.82. The normalized spacial score (nSPS) is 19.7. The number of guanidine groups is 1. The van der Waals surface area contributed by atoms with Crippen LogP contribution >= 0.6 is 24.0 Å². The first-order valence-electron chi connectivity index (χ1n) is 9.69. The summed E-state index contributed by atoms with van der Waals surface area (Å²) in [5.41, 5.74) is 2.48. The maximum atomic E-state index is 11.6. The third-order valence-electron chi connectivity index (χ3n) is 5.34. The molecule has 0 radical (unpaired) electrons. The summed E-state index contributed by atoms with van der Waals surface area (Å²) >= 11 is 0. The van der Waals surface area contributed by atoms with Crippen molar-refractivity contribution in [1.29, 1.82) is 0 Å². The molecule has 2 aromatic rings. The van der Waals surface area contributed by atoms with Gasteiger partial charge in [0.2, 0.25) is 0 Å². The Labute approximate surface area is 191 Å². The molecule has 1 aliphatic rings. The summed E-state index contributed by atoms with van der Waals surface area (Å²) in [6, 6.07) is 17.6. The fraction of sp³-hybridized carbons (Fsp3) is 0.409. The second-order valence-electron chi connectivity index (χ2n) is 7.68. The predicted octanol–water partition coefficient (Wildman–Crippen LogP) is 3.84. The number of hydrogen-bond acceptors (Lipinski definition) is 3. The summed E-state index contributed by atoms with van der Waals surface area (Å²) in [5.74, 6) is 0.911. The number of nitrogens with one attached hydrogen (secondary N) is 1. The van der Waals surface area contributed by atoms with Crippen molar-refractivity contribution in [3.05, 3.63) is 65.7 Å². The molecule has 1 saturated heterocycles. The number of likely N-dealkylation sites (tertiary alicyclic amines) is 1. The van der Waals surface area contributed by atoms with Gasteiger partial charge < -0.3 is 10.2 Å². The van der Waals surface area contributed by atoms with Crippen molar-refractivity contribution in [2.45, 2.75) is 37.1 Å². The number of benzene rings is 2. The minimum atomic E-state index is -3.17. The molecule has 0 aromatic heterocycles. The van der Waals surface area contributed by atoms with Gasteiger partial charge in [-0.3, -0.25) is 0 Å². The van der Waals surface area contributed by atoms with Gasteiger partial charge in [0.1, 0.15) is 0 Å². The molecule has 158 valence electrons. The number of nitrogens with zero attached hydrogens (tertiary/aromatic N) is 2. The van der Waals surface area contributed by atoms with Gasteiger partial charge in [-0.2, -0.15) is 0 Å². The van der Waals surface area contributed by atoms with Gasteiger partial charge in [0.15, 0.2) is 15.8 Å². The van der Waals surface area contributed by atoms with E-state index in [1.165, 1.54) is 11.8 Å². The van der Waals surface area contributed by atoms with E-state index in [0.717, 1.165) is 37.6 Å². The lowest BCUT2D eigenvalue weighted by molar-refractivity contribution is 0.438. The summed E-state index contributed by atoms with van der Waals surface area (Å²) in [5, 5.41) is 3.40. The lowest BCUT2D eigenvalue weighted by Crippen LogP contribution is -2.41. The molecule has 1 atom stereocenters. The Morgan fingerprint density at radius 2 is 1.79 bits per heavy atom. The van der Waals surface area contributed by atoms with Gasteiger partial charge >= 0.3 is 0 Å².